The molecule has 1 fully saturated rings. The molecule has 1 heterocycles. The first-order valence-electron chi connectivity index (χ1n) is 31.7. The second-order valence-electron chi connectivity index (χ2n) is 22.3. The predicted molar refractivity (Wildman–Crippen MR) is 320 cm³/mol. The molecule has 4 aromatic rings. The molecule has 7 heteroatoms. The normalized spacial score (nSPS) is 18.0. The average molecular weight is 1060 g/mol. The largest absolute Gasteiger partial charge is 0.379 e. The van der Waals surface area contributed by atoms with Gasteiger partial charge in [-0.05, 0) is 47.9 Å². The summed E-state index contributed by atoms with van der Waals surface area (Å²) in [5, 5.41) is 0. The van der Waals surface area contributed by atoms with Crippen LogP contribution >= 0.6 is 0 Å². The smallest absolute Gasteiger partial charge is 0.115 e. The first-order chi connectivity index (χ1) is 38.2. The van der Waals surface area contributed by atoms with Crippen molar-refractivity contribution in [2.75, 3.05) is 26.4 Å². The lowest BCUT2D eigenvalue weighted by atomic mass is 9.91. The van der Waals surface area contributed by atoms with Gasteiger partial charge in [0.1, 0.15) is 24.4 Å². The van der Waals surface area contributed by atoms with Gasteiger partial charge in [0, 0.05) is 13.2 Å². The van der Waals surface area contributed by atoms with Gasteiger partial charge in [-0.2, -0.15) is 0 Å². The van der Waals surface area contributed by atoms with Gasteiger partial charge >= 0.3 is 0 Å². The van der Waals surface area contributed by atoms with E-state index in [2.05, 4.69) is 117 Å². The minimum Gasteiger partial charge on any atom is -0.379 e. The third-order valence-corrected chi connectivity index (χ3v) is 15.6. The Morgan fingerprint density at radius 1 is 0.351 bits per heavy atom. The van der Waals surface area contributed by atoms with Gasteiger partial charge in [-0.1, -0.05) is 302 Å². The molecule has 4 aromatic carbocycles. The van der Waals surface area contributed by atoms with Crippen molar-refractivity contribution >= 4 is 0 Å². The maximum absolute atomic E-state index is 7.27. The van der Waals surface area contributed by atoms with Gasteiger partial charge in [-0.3, -0.25) is 0 Å². The molecular weight excluding hydrogens is 953 g/mol. The molecule has 6 atom stereocenters. The van der Waals surface area contributed by atoms with Crippen LogP contribution in [0.1, 0.15) is 229 Å². The van der Waals surface area contributed by atoms with Crippen LogP contribution in [0.3, 0.4) is 0 Å². The molecule has 7 nitrogen and oxygen atoms in total. The van der Waals surface area contributed by atoms with E-state index in [1.54, 1.807) is 0 Å². The second kappa shape index (κ2) is 44.4. The van der Waals surface area contributed by atoms with E-state index in [1.165, 1.54) is 167 Å². The Morgan fingerprint density at radius 3 is 1.09 bits per heavy atom. The zero-order valence-corrected chi connectivity index (χ0v) is 48.7. The molecule has 5 rings (SSSR count). The number of unbranched alkanes of at least 4 members (excludes halogenated alkanes) is 26. The van der Waals surface area contributed by atoms with Crippen LogP contribution in [-0.4, -0.2) is 63.1 Å². The number of rotatable bonds is 49. The van der Waals surface area contributed by atoms with Crippen LogP contribution in [0.4, 0.5) is 0 Å². The van der Waals surface area contributed by atoms with Gasteiger partial charge < -0.3 is 33.2 Å². The van der Waals surface area contributed by atoms with Gasteiger partial charge in [0.15, 0.2) is 0 Å². The monoisotopic (exact) mass is 1060 g/mol. The fourth-order valence-corrected chi connectivity index (χ4v) is 10.8. The van der Waals surface area contributed by atoms with Crippen LogP contribution in [0.2, 0.25) is 0 Å². The van der Waals surface area contributed by atoms with Crippen molar-refractivity contribution in [1.82, 2.24) is 0 Å². The summed E-state index contributed by atoms with van der Waals surface area (Å²) in [6.07, 6.45) is 37.1. The Morgan fingerprint density at radius 2 is 0.688 bits per heavy atom. The third kappa shape index (κ3) is 30.1. The van der Waals surface area contributed by atoms with Gasteiger partial charge in [0.2, 0.25) is 0 Å². The second-order valence-corrected chi connectivity index (χ2v) is 22.3. The summed E-state index contributed by atoms with van der Waals surface area (Å²) in [6, 6.07) is 41.6. The van der Waals surface area contributed by atoms with E-state index in [1.807, 2.05) is 18.2 Å². The molecule has 1 saturated heterocycles. The van der Waals surface area contributed by atoms with E-state index in [4.69, 9.17) is 33.2 Å². The highest BCUT2D eigenvalue weighted by atomic mass is 16.6. The fourth-order valence-electron chi connectivity index (χ4n) is 10.8. The Labute approximate surface area is 470 Å². The number of hydrogen-bond donors (Lipinski definition) is 0. The van der Waals surface area contributed by atoms with Crippen LogP contribution in [0.15, 0.2) is 121 Å². The molecule has 430 valence electrons. The fraction of sp³-hybridized carbons (Fsp3) is 0.657. The maximum Gasteiger partial charge on any atom is 0.115 e. The lowest BCUT2D eigenvalue weighted by Crippen LogP contribution is -2.61. The van der Waals surface area contributed by atoms with Crippen molar-refractivity contribution in [3.05, 3.63) is 144 Å². The van der Waals surface area contributed by atoms with E-state index in [0.29, 0.717) is 39.6 Å². The van der Waals surface area contributed by atoms with Crippen molar-refractivity contribution in [3.8, 4) is 0 Å². The SMILES string of the molecule is CCCCCCCCCCCCCCCCOC[C@H](CC[C@@H]1O[C@H](COCc2ccccc2)[C@@H](OCc2ccccc2)[C@H](OCc2ccccc2)[C@H]1OCc1ccccc1)OCCCCCCCCCCCCCCCC. The molecule has 0 aromatic heterocycles. The van der Waals surface area contributed by atoms with Gasteiger partial charge in [0.05, 0.1) is 51.8 Å². The molecule has 0 radical (unpaired) electrons. The molecule has 0 aliphatic carbocycles. The minimum atomic E-state index is -0.465. The van der Waals surface area contributed by atoms with Crippen molar-refractivity contribution in [2.24, 2.45) is 0 Å². The van der Waals surface area contributed by atoms with Crippen molar-refractivity contribution in [1.29, 1.82) is 0 Å². The van der Waals surface area contributed by atoms with Crippen LogP contribution < -0.4 is 0 Å². The lowest BCUT2D eigenvalue weighted by Gasteiger charge is -2.46. The first-order valence-corrected chi connectivity index (χ1v) is 31.7. The summed E-state index contributed by atoms with van der Waals surface area (Å²) < 4.78 is 48.2. The van der Waals surface area contributed by atoms with Crippen LogP contribution in [0.5, 0.6) is 0 Å². The Balaban J connectivity index is 1.22. The molecule has 0 N–H and O–H groups in total. The highest BCUT2D eigenvalue weighted by Gasteiger charge is 2.48. The molecule has 0 amide bonds. The van der Waals surface area contributed by atoms with E-state index in [9.17, 15) is 0 Å². The topological polar surface area (TPSA) is 64.6 Å². The zero-order chi connectivity index (χ0) is 53.7. The summed E-state index contributed by atoms with van der Waals surface area (Å²) in [7, 11) is 0. The number of ether oxygens (including phenoxy) is 7. The molecule has 77 heavy (non-hydrogen) atoms. The number of hydrogen-bond acceptors (Lipinski definition) is 7. The van der Waals surface area contributed by atoms with Crippen LogP contribution in [0.25, 0.3) is 0 Å². The van der Waals surface area contributed by atoms with E-state index in [0.717, 1.165) is 61.2 Å². The zero-order valence-electron chi connectivity index (χ0n) is 48.7. The Bertz CT molecular complexity index is 1880. The Kier molecular flexibility index (Phi) is 37.1. The molecule has 0 spiro atoms. The van der Waals surface area contributed by atoms with Crippen molar-refractivity contribution < 1.29 is 33.2 Å². The van der Waals surface area contributed by atoms with E-state index < -0.39 is 24.4 Å². The van der Waals surface area contributed by atoms with Gasteiger partial charge in [0.25, 0.3) is 0 Å². The number of benzene rings is 4. The van der Waals surface area contributed by atoms with Gasteiger partial charge in [-0.25, -0.2) is 0 Å². The maximum atomic E-state index is 7.27. The summed E-state index contributed by atoms with van der Waals surface area (Å²) >= 11 is 0. The highest BCUT2D eigenvalue weighted by molar-refractivity contribution is 5.16. The summed E-state index contributed by atoms with van der Waals surface area (Å²) in [6.45, 7) is 8.79. The van der Waals surface area contributed by atoms with Gasteiger partial charge in [-0.15, -0.1) is 0 Å². The summed E-state index contributed by atoms with van der Waals surface area (Å²) in [4.78, 5) is 0. The van der Waals surface area contributed by atoms with Crippen molar-refractivity contribution in [2.45, 2.75) is 270 Å². The molecule has 0 unspecified atom stereocenters. The molecule has 1 aliphatic heterocycles. The standard InChI is InChI=1S/C70H108O7/c1-3-5-7-9-11-13-15-17-19-21-23-25-27-41-53-71-59-65(73-54-42-28-26-24-22-20-18-16-14-12-10-8-6-4-2)51-52-66-68(74-56-62-45-35-30-36-46-62)70(76-58-64-49-39-32-40-50-64)69(75-57-63-47-37-31-38-48-63)67(77-66)60-72-55-61-43-33-29-34-44-61/h29-40,43-50,65-70H,3-28,41-42,51-60H2,1-2H3/t65-,66-,67+,68-,69+,70+/m0/s1. The minimum absolute atomic E-state index is 0.0505. The highest BCUT2D eigenvalue weighted by Crippen LogP contribution is 2.34. The van der Waals surface area contributed by atoms with Crippen LogP contribution in [0, 0.1) is 0 Å². The quantitative estimate of drug-likeness (QED) is 0.0408. The first kappa shape index (κ1) is 64.4. The lowest BCUT2D eigenvalue weighted by molar-refractivity contribution is -0.274. The van der Waals surface area contributed by atoms with Crippen molar-refractivity contribution in [3.63, 3.8) is 0 Å². The molecule has 0 saturated carbocycles. The predicted octanol–water partition coefficient (Wildman–Crippen LogP) is 18.9. The summed E-state index contributed by atoms with van der Waals surface area (Å²) in [5.74, 6) is 0. The summed E-state index contributed by atoms with van der Waals surface area (Å²) in [5.41, 5.74) is 4.42. The molecular formula is C70H108O7. The van der Waals surface area contributed by atoms with Crippen LogP contribution in [-0.2, 0) is 59.6 Å². The average Bonchev–Trinajstić information content (AvgIpc) is 3.47. The molecule has 1 aliphatic rings. The van der Waals surface area contributed by atoms with E-state index >= 15 is 0 Å². The third-order valence-electron chi connectivity index (χ3n) is 15.6. The van der Waals surface area contributed by atoms with E-state index in [-0.39, 0.29) is 12.2 Å². The molecule has 0 bridgehead atoms. The Hall–Kier alpha value is -3.40.